The molecule has 194 valence electrons. The van der Waals surface area contributed by atoms with Gasteiger partial charge in [-0.1, -0.05) is 91.0 Å². The first kappa shape index (κ1) is 22.0. The van der Waals surface area contributed by atoms with E-state index in [-0.39, 0.29) is 18.1 Å². The van der Waals surface area contributed by atoms with Gasteiger partial charge in [0.05, 0.1) is 6.04 Å². The maximum absolute atomic E-state index is 6.67. The van der Waals surface area contributed by atoms with Crippen molar-refractivity contribution in [2.75, 3.05) is 9.80 Å². The van der Waals surface area contributed by atoms with E-state index in [4.69, 9.17) is 4.74 Å². The van der Waals surface area contributed by atoms with Crippen molar-refractivity contribution in [2.45, 2.75) is 30.3 Å². The van der Waals surface area contributed by atoms with Crippen molar-refractivity contribution in [1.82, 2.24) is 0 Å². The Morgan fingerprint density at radius 1 is 0.732 bits per heavy atom. The molecular weight excluding hydrogens is 499 g/mol. The van der Waals surface area contributed by atoms with Crippen LogP contribution in [0.15, 0.2) is 133 Å². The van der Waals surface area contributed by atoms with Gasteiger partial charge in [-0.15, -0.1) is 0 Å². The Morgan fingerprint density at radius 2 is 1.46 bits per heavy atom. The van der Waals surface area contributed by atoms with Crippen molar-refractivity contribution in [1.29, 1.82) is 0 Å². The molecule has 0 amide bonds. The lowest BCUT2D eigenvalue weighted by Gasteiger charge is -2.44. The van der Waals surface area contributed by atoms with Crippen LogP contribution in [0.25, 0.3) is 0 Å². The van der Waals surface area contributed by atoms with E-state index < -0.39 is 0 Å². The van der Waals surface area contributed by atoms with E-state index >= 15 is 0 Å². The molecule has 0 aromatic heterocycles. The van der Waals surface area contributed by atoms with E-state index in [1.54, 1.807) is 0 Å². The maximum atomic E-state index is 6.67. The Balaban J connectivity index is 1.17. The van der Waals surface area contributed by atoms with Crippen LogP contribution in [-0.2, 0) is 6.42 Å². The third-order valence-corrected chi connectivity index (χ3v) is 10.0. The van der Waals surface area contributed by atoms with Gasteiger partial charge in [0.2, 0.25) is 6.71 Å². The smallest absolute Gasteiger partial charge is 0.230 e. The minimum Gasteiger partial charge on any atom is -0.487 e. The number of nitrogens with zero attached hydrogens (tertiary/aromatic N) is 2. The summed E-state index contributed by atoms with van der Waals surface area (Å²) in [5.41, 5.74) is 13.5. The lowest BCUT2D eigenvalue weighted by Crippen LogP contribution is -2.59. The van der Waals surface area contributed by atoms with E-state index in [2.05, 4.69) is 137 Å². The molecule has 0 saturated carbocycles. The molecule has 3 nitrogen and oxygen atoms in total. The van der Waals surface area contributed by atoms with Crippen molar-refractivity contribution >= 4 is 40.4 Å². The molecule has 10 rings (SSSR count). The van der Waals surface area contributed by atoms with Gasteiger partial charge in [-0.25, -0.2) is 0 Å². The summed E-state index contributed by atoms with van der Waals surface area (Å²) in [7, 11) is 0. The standard InChI is InChI=1S/C37H27BN2O/c1-5-13-30-23(9-1)21-24-10-2-6-14-31(24)39(30)25-17-19-32-27(22-25)26-18-20-35-36-37(26)40(32)33-15-7-3-11-28(33)38(36)29-12-4-8-16-34(29)41-35/h1-20,22,27,29,32,34H,21H2. The number of hydrogen-bond donors (Lipinski definition) is 0. The lowest BCUT2D eigenvalue weighted by molar-refractivity contribution is 0.247. The van der Waals surface area contributed by atoms with Gasteiger partial charge in [0.15, 0.2) is 0 Å². The van der Waals surface area contributed by atoms with Crippen molar-refractivity contribution in [2.24, 2.45) is 0 Å². The van der Waals surface area contributed by atoms with Crippen LogP contribution in [0.1, 0.15) is 22.6 Å². The van der Waals surface area contributed by atoms with Gasteiger partial charge in [0.1, 0.15) is 11.9 Å². The van der Waals surface area contributed by atoms with E-state index in [1.807, 2.05) is 0 Å². The predicted molar refractivity (Wildman–Crippen MR) is 168 cm³/mol. The average molecular weight is 526 g/mol. The number of fused-ring (bicyclic) bond motifs is 10. The highest BCUT2D eigenvalue weighted by Crippen LogP contribution is 2.53. The number of rotatable bonds is 1. The first-order valence-corrected chi connectivity index (χ1v) is 14.8. The molecule has 4 unspecified atom stereocenters. The normalized spacial score (nSPS) is 24.9. The van der Waals surface area contributed by atoms with Crippen LogP contribution < -0.4 is 25.5 Å². The molecule has 0 spiro atoms. The molecule has 4 aromatic carbocycles. The minimum absolute atomic E-state index is 0.0736. The summed E-state index contributed by atoms with van der Waals surface area (Å²) in [6, 6.07) is 31.6. The second-order valence-electron chi connectivity index (χ2n) is 12.0. The van der Waals surface area contributed by atoms with Crippen molar-refractivity contribution in [3.63, 3.8) is 0 Å². The number of anilines is 4. The summed E-state index contributed by atoms with van der Waals surface area (Å²) in [6.45, 7) is 0.292. The second kappa shape index (κ2) is 7.95. The number of hydrogen-bond acceptors (Lipinski definition) is 3. The van der Waals surface area contributed by atoms with E-state index in [0.717, 1.165) is 12.2 Å². The molecule has 0 bridgehead atoms. The molecule has 4 heteroatoms. The Hall–Kier alpha value is -4.70. The van der Waals surface area contributed by atoms with E-state index in [9.17, 15) is 0 Å². The molecule has 0 radical (unpaired) electrons. The van der Waals surface area contributed by atoms with Gasteiger partial charge in [-0.3, -0.25) is 0 Å². The molecule has 0 saturated heterocycles. The number of para-hydroxylation sites is 3. The quantitative estimate of drug-likeness (QED) is 0.258. The Morgan fingerprint density at radius 3 is 2.29 bits per heavy atom. The molecule has 4 aromatic rings. The molecule has 0 N–H and O–H groups in total. The van der Waals surface area contributed by atoms with Crippen LogP contribution >= 0.6 is 0 Å². The first-order valence-electron chi connectivity index (χ1n) is 14.8. The molecule has 2 aliphatic carbocycles. The minimum atomic E-state index is 0.0736. The van der Waals surface area contributed by atoms with Crippen LogP contribution in [0.5, 0.6) is 5.75 Å². The highest BCUT2D eigenvalue weighted by molar-refractivity contribution is 6.90. The molecule has 0 fully saturated rings. The largest absolute Gasteiger partial charge is 0.487 e. The zero-order valence-corrected chi connectivity index (χ0v) is 22.5. The van der Waals surface area contributed by atoms with Crippen LogP contribution in [0.4, 0.5) is 22.7 Å². The van der Waals surface area contributed by atoms with Crippen molar-refractivity contribution in [3.8, 4) is 5.75 Å². The van der Waals surface area contributed by atoms with Crippen LogP contribution in [-0.4, -0.2) is 18.9 Å². The van der Waals surface area contributed by atoms with Crippen LogP contribution in [0, 0.1) is 0 Å². The highest BCUT2D eigenvalue weighted by atomic mass is 16.5. The van der Waals surface area contributed by atoms with Crippen molar-refractivity contribution in [3.05, 3.63) is 150 Å². The summed E-state index contributed by atoms with van der Waals surface area (Å²) in [6.07, 6.45) is 17.3. The fourth-order valence-electron chi connectivity index (χ4n) is 8.37. The predicted octanol–water partition coefficient (Wildman–Crippen LogP) is 6.67. The van der Waals surface area contributed by atoms with Crippen LogP contribution in [0.2, 0.25) is 5.82 Å². The third-order valence-electron chi connectivity index (χ3n) is 10.0. The van der Waals surface area contributed by atoms with Gasteiger partial charge in [-0.2, -0.15) is 0 Å². The maximum Gasteiger partial charge on any atom is 0.230 e. The molecule has 4 heterocycles. The zero-order valence-electron chi connectivity index (χ0n) is 22.5. The van der Waals surface area contributed by atoms with Gasteiger partial charge >= 0.3 is 0 Å². The summed E-state index contributed by atoms with van der Waals surface area (Å²) < 4.78 is 6.67. The molecule has 4 atom stereocenters. The number of allylic oxidation sites excluding steroid dienone is 3. The van der Waals surface area contributed by atoms with Gasteiger partial charge in [0.25, 0.3) is 0 Å². The van der Waals surface area contributed by atoms with E-state index in [0.29, 0.717) is 12.5 Å². The fraction of sp³-hybridized carbons (Fsp3) is 0.135. The second-order valence-corrected chi connectivity index (χ2v) is 12.0. The number of ether oxygens (including phenoxy) is 1. The molecule has 41 heavy (non-hydrogen) atoms. The summed E-state index contributed by atoms with van der Waals surface area (Å²) in [4.78, 5) is 5.09. The molecule has 6 aliphatic rings. The topological polar surface area (TPSA) is 15.7 Å². The first-order chi connectivity index (χ1) is 20.3. The Bertz CT molecular complexity index is 1870. The third kappa shape index (κ3) is 2.85. The van der Waals surface area contributed by atoms with Crippen LogP contribution in [0.3, 0.4) is 0 Å². The van der Waals surface area contributed by atoms with Gasteiger partial charge in [0, 0.05) is 46.6 Å². The van der Waals surface area contributed by atoms with E-state index in [1.165, 1.54) is 56.1 Å². The lowest BCUT2D eigenvalue weighted by atomic mass is 9.30. The Labute approximate surface area is 240 Å². The Kier molecular flexibility index (Phi) is 4.27. The highest BCUT2D eigenvalue weighted by Gasteiger charge is 2.52. The summed E-state index contributed by atoms with van der Waals surface area (Å²) in [5, 5.41) is 0. The van der Waals surface area contributed by atoms with Crippen molar-refractivity contribution < 1.29 is 4.74 Å². The monoisotopic (exact) mass is 526 g/mol. The SMILES string of the molecule is C1=CC2Oc3ccc4c5c3B(c3ccccc3N5C3C=CC(N5c6ccccc6Cc6ccccc65)=CC43)C2C=C1. The zero-order chi connectivity index (χ0) is 26.7. The fourth-order valence-corrected chi connectivity index (χ4v) is 8.37. The van der Waals surface area contributed by atoms with Gasteiger partial charge in [-0.05, 0) is 64.0 Å². The summed E-state index contributed by atoms with van der Waals surface area (Å²) in [5.74, 6) is 1.59. The summed E-state index contributed by atoms with van der Waals surface area (Å²) >= 11 is 0. The molecule has 4 aliphatic heterocycles. The molecular formula is C37H27BN2O. The average Bonchev–Trinajstić information content (AvgIpc) is 3.37. The van der Waals surface area contributed by atoms with Gasteiger partial charge < -0.3 is 14.5 Å². The number of benzene rings is 4.